The van der Waals surface area contributed by atoms with Crippen LogP contribution in [0.5, 0.6) is 0 Å². The summed E-state index contributed by atoms with van der Waals surface area (Å²) in [6, 6.07) is 1.84. The summed E-state index contributed by atoms with van der Waals surface area (Å²) < 4.78 is 0. The summed E-state index contributed by atoms with van der Waals surface area (Å²) in [7, 11) is 0. The largest absolute Gasteiger partial charge is 0.359 e. The number of carbonyl (C=O) groups excluding carboxylic acids is 1. The van der Waals surface area contributed by atoms with Gasteiger partial charge in [-0.15, -0.1) is 0 Å². The van der Waals surface area contributed by atoms with E-state index in [1.54, 1.807) is 13.1 Å². The monoisotopic (exact) mass is 208 g/mol. The topological polar surface area (TPSA) is 45.8 Å². The van der Waals surface area contributed by atoms with Crippen LogP contribution in [0.3, 0.4) is 0 Å². The number of hydrogen-bond donors (Lipinski definition) is 1. The molecule has 0 aliphatic heterocycles. The van der Waals surface area contributed by atoms with E-state index in [1.165, 1.54) is 6.92 Å². The Hall–Kier alpha value is -1.35. The number of rotatable bonds is 1. The lowest BCUT2D eigenvalue weighted by atomic mass is 10.1. The molecule has 0 amide bonds. The van der Waals surface area contributed by atoms with Crippen molar-refractivity contribution in [1.82, 2.24) is 9.97 Å². The van der Waals surface area contributed by atoms with Crippen LogP contribution < -0.4 is 0 Å². The molecule has 0 bridgehead atoms. The lowest BCUT2D eigenvalue weighted by molar-refractivity contribution is 0.101. The first-order valence-electron chi connectivity index (χ1n) is 4.25. The fourth-order valence-electron chi connectivity index (χ4n) is 1.65. The van der Waals surface area contributed by atoms with E-state index < -0.39 is 0 Å². The van der Waals surface area contributed by atoms with Crippen molar-refractivity contribution in [3.63, 3.8) is 0 Å². The SMILES string of the molecule is CC(=O)c1c(C)nc(Cl)c2[nH]ccc12. The number of halogens is 1. The maximum absolute atomic E-state index is 11.4. The van der Waals surface area contributed by atoms with Crippen LogP contribution in [-0.2, 0) is 0 Å². The van der Waals surface area contributed by atoms with Gasteiger partial charge in [-0.05, 0) is 19.9 Å². The predicted molar refractivity (Wildman–Crippen MR) is 55.8 cm³/mol. The summed E-state index contributed by atoms with van der Waals surface area (Å²) in [6.07, 6.45) is 1.75. The first-order valence-corrected chi connectivity index (χ1v) is 4.63. The Morgan fingerprint density at radius 3 is 2.93 bits per heavy atom. The summed E-state index contributed by atoms with van der Waals surface area (Å²) in [4.78, 5) is 18.5. The van der Waals surface area contributed by atoms with Crippen molar-refractivity contribution in [1.29, 1.82) is 0 Å². The quantitative estimate of drug-likeness (QED) is 0.579. The Morgan fingerprint density at radius 2 is 2.29 bits per heavy atom. The van der Waals surface area contributed by atoms with E-state index in [0.29, 0.717) is 16.4 Å². The molecule has 0 aliphatic carbocycles. The van der Waals surface area contributed by atoms with E-state index in [-0.39, 0.29) is 5.78 Å². The van der Waals surface area contributed by atoms with E-state index >= 15 is 0 Å². The number of hydrogen-bond acceptors (Lipinski definition) is 2. The summed E-state index contributed by atoms with van der Waals surface area (Å²) in [5, 5.41) is 1.25. The smallest absolute Gasteiger partial charge is 0.162 e. The third-order valence-electron chi connectivity index (χ3n) is 2.20. The summed E-state index contributed by atoms with van der Waals surface area (Å²) in [5.74, 6) is 0.0104. The maximum Gasteiger partial charge on any atom is 0.162 e. The highest BCUT2D eigenvalue weighted by Gasteiger charge is 2.13. The van der Waals surface area contributed by atoms with E-state index in [2.05, 4.69) is 9.97 Å². The van der Waals surface area contributed by atoms with E-state index in [9.17, 15) is 4.79 Å². The number of aromatic amines is 1. The highest BCUT2D eigenvalue weighted by atomic mass is 35.5. The van der Waals surface area contributed by atoms with Gasteiger partial charge in [0.05, 0.1) is 11.2 Å². The van der Waals surface area contributed by atoms with Gasteiger partial charge in [0.2, 0.25) is 0 Å². The van der Waals surface area contributed by atoms with Crippen LogP contribution >= 0.6 is 11.6 Å². The second-order valence-corrected chi connectivity index (χ2v) is 3.54. The second-order valence-electron chi connectivity index (χ2n) is 3.19. The van der Waals surface area contributed by atoms with Gasteiger partial charge in [0.25, 0.3) is 0 Å². The molecule has 0 radical (unpaired) electrons. The molecule has 3 nitrogen and oxygen atoms in total. The molecule has 2 aromatic heterocycles. The molecule has 0 unspecified atom stereocenters. The van der Waals surface area contributed by atoms with Gasteiger partial charge in [-0.2, -0.15) is 0 Å². The van der Waals surface area contributed by atoms with Crippen molar-refractivity contribution in [3.8, 4) is 0 Å². The van der Waals surface area contributed by atoms with Gasteiger partial charge in [0, 0.05) is 17.1 Å². The molecule has 2 aromatic rings. The zero-order valence-corrected chi connectivity index (χ0v) is 8.64. The zero-order chi connectivity index (χ0) is 10.3. The number of nitrogens with zero attached hydrogens (tertiary/aromatic N) is 1. The molecular weight excluding hydrogens is 200 g/mol. The van der Waals surface area contributed by atoms with Crippen LogP contribution in [0.4, 0.5) is 0 Å². The molecule has 14 heavy (non-hydrogen) atoms. The number of pyridine rings is 1. The van der Waals surface area contributed by atoms with Crippen LogP contribution in [0.1, 0.15) is 23.0 Å². The molecule has 0 fully saturated rings. The van der Waals surface area contributed by atoms with Gasteiger partial charge in [-0.1, -0.05) is 11.6 Å². The van der Waals surface area contributed by atoms with Gasteiger partial charge < -0.3 is 4.98 Å². The minimum atomic E-state index is 0.0104. The predicted octanol–water partition coefficient (Wildman–Crippen LogP) is 2.73. The number of aryl methyl sites for hydroxylation is 1. The Labute approximate surface area is 86.1 Å². The van der Waals surface area contributed by atoms with Crippen molar-refractivity contribution in [3.05, 3.63) is 28.7 Å². The van der Waals surface area contributed by atoms with Gasteiger partial charge in [0.15, 0.2) is 10.9 Å². The fourth-order valence-corrected chi connectivity index (χ4v) is 1.93. The zero-order valence-electron chi connectivity index (χ0n) is 7.89. The van der Waals surface area contributed by atoms with Crippen LogP contribution in [-0.4, -0.2) is 15.8 Å². The molecule has 2 rings (SSSR count). The molecule has 0 aliphatic rings. The van der Waals surface area contributed by atoms with Crippen molar-refractivity contribution < 1.29 is 4.79 Å². The Balaban J connectivity index is 2.93. The number of aromatic nitrogens is 2. The molecule has 0 saturated carbocycles. The van der Waals surface area contributed by atoms with Crippen LogP contribution in [0, 0.1) is 6.92 Å². The first kappa shape index (κ1) is 9.21. The normalized spacial score (nSPS) is 10.8. The number of nitrogens with one attached hydrogen (secondary N) is 1. The molecule has 0 saturated heterocycles. The third kappa shape index (κ3) is 1.21. The maximum atomic E-state index is 11.4. The van der Waals surface area contributed by atoms with Crippen LogP contribution in [0.25, 0.3) is 10.9 Å². The fraction of sp³-hybridized carbons (Fsp3) is 0.200. The summed E-state index contributed by atoms with van der Waals surface area (Å²) in [6.45, 7) is 3.32. The Bertz CT molecular complexity index is 516. The molecule has 0 spiro atoms. The van der Waals surface area contributed by atoms with Crippen molar-refractivity contribution in [2.45, 2.75) is 13.8 Å². The average Bonchev–Trinajstić information content (AvgIpc) is 2.51. The molecular formula is C10H9ClN2O. The van der Waals surface area contributed by atoms with E-state index in [0.717, 1.165) is 10.9 Å². The minimum Gasteiger partial charge on any atom is -0.359 e. The highest BCUT2D eigenvalue weighted by Crippen LogP contribution is 2.25. The van der Waals surface area contributed by atoms with Crippen LogP contribution in [0.15, 0.2) is 12.3 Å². The standard InChI is InChI=1S/C10H9ClN2O/c1-5-8(6(2)14)7-3-4-12-9(7)10(11)13-5/h3-4,12H,1-2H3. The van der Waals surface area contributed by atoms with E-state index in [1.807, 2.05) is 6.07 Å². The lowest BCUT2D eigenvalue weighted by Gasteiger charge is -2.04. The summed E-state index contributed by atoms with van der Waals surface area (Å²) in [5.41, 5.74) is 2.04. The lowest BCUT2D eigenvalue weighted by Crippen LogP contribution is -2.00. The van der Waals surface area contributed by atoms with Gasteiger partial charge in [-0.3, -0.25) is 4.79 Å². The van der Waals surface area contributed by atoms with Gasteiger partial charge in [0.1, 0.15) is 0 Å². The van der Waals surface area contributed by atoms with E-state index in [4.69, 9.17) is 11.6 Å². The van der Waals surface area contributed by atoms with Crippen molar-refractivity contribution in [2.24, 2.45) is 0 Å². The third-order valence-corrected chi connectivity index (χ3v) is 2.48. The molecule has 0 atom stereocenters. The minimum absolute atomic E-state index is 0.0104. The Kier molecular flexibility index (Phi) is 2.04. The molecule has 1 N–H and O–H groups in total. The second kappa shape index (κ2) is 3.10. The van der Waals surface area contributed by atoms with Crippen molar-refractivity contribution >= 4 is 28.3 Å². The number of Topliss-reactive ketones (excluding diaryl/α,β-unsaturated/α-hetero) is 1. The molecule has 0 aromatic carbocycles. The number of fused-ring (bicyclic) bond motifs is 1. The first-order chi connectivity index (χ1) is 6.61. The molecule has 4 heteroatoms. The summed E-state index contributed by atoms with van der Waals surface area (Å²) >= 11 is 5.93. The van der Waals surface area contributed by atoms with Crippen molar-refractivity contribution in [2.75, 3.05) is 0 Å². The van der Waals surface area contributed by atoms with Gasteiger partial charge >= 0.3 is 0 Å². The Morgan fingerprint density at radius 1 is 1.57 bits per heavy atom. The highest BCUT2D eigenvalue weighted by molar-refractivity contribution is 6.34. The van der Waals surface area contributed by atoms with Gasteiger partial charge in [-0.25, -0.2) is 4.98 Å². The van der Waals surface area contributed by atoms with Crippen LogP contribution in [0.2, 0.25) is 5.15 Å². The molecule has 72 valence electrons. The number of carbonyl (C=O) groups is 1. The molecule has 2 heterocycles. The number of H-pyrrole nitrogens is 1. The number of ketones is 1. The average molecular weight is 209 g/mol.